The third-order valence-electron chi connectivity index (χ3n) is 2.71. The minimum atomic E-state index is -0.238. The summed E-state index contributed by atoms with van der Waals surface area (Å²) in [7, 11) is 1.60. The maximum absolute atomic E-state index is 11.7. The van der Waals surface area contributed by atoms with Crippen molar-refractivity contribution in [2.24, 2.45) is 0 Å². The number of anilines is 1. The van der Waals surface area contributed by atoms with E-state index in [-0.39, 0.29) is 6.03 Å². The highest BCUT2D eigenvalue weighted by Gasteiger charge is 2.02. The third-order valence-corrected chi connectivity index (χ3v) is 3.24. The lowest BCUT2D eigenvalue weighted by molar-refractivity contribution is 0.251. The molecule has 0 radical (unpaired) electrons. The van der Waals surface area contributed by atoms with Gasteiger partial charge >= 0.3 is 6.03 Å². The lowest BCUT2D eigenvalue weighted by atomic mass is 10.2. The van der Waals surface area contributed by atoms with E-state index < -0.39 is 0 Å². The summed E-state index contributed by atoms with van der Waals surface area (Å²) in [5.74, 6) is 0.755. The van der Waals surface area contributed by atoms with Gasteiger partial charge in [-0.2, -0.15) is 0 Å². The van der Waals surface area contributed by atoms with E-state index in [4.69, 9.17) is 4.74 Å². The fourth-order valence-electron chi connectivity index (χ4n) is 1.63. The second kappa shape index (κ2) is 6.96. The third kappa shape index (κ3) is 4.28. The molecule has 0 aliphatic heterocycles. The topological polar surface area (TPSA) is 50.4 Å². The van der Waals surface area contributed by atoms with Gasteiger partial charge in [0, 0.05) is 16.7 Å². The summed E-state index contributed by atoms with van der Waals surface area (Å²) in [5.41, 5.74) is 1.76. The van der Waals surface area contributed by atoms with Crippen LogP contribution in [0.4, 0.5) is 10.5 Å². The summed E-state index contributed by atoms with van der Waals surface area (Å²) >= 11 is 3.37. The van der Waals surface area contributed by atoms with Crippen molar-refractivity contribution < 1.29 is 9.53 Å². The van der Waals surface area contributed by atoms with Crippen molar-refractivity contribution in [1.82, 2.24) is 5.32 Å². The van der Waals surface area contributed by atoms with Crippen molar-refractivity contribution in [3.63, 3.8) is 0 Å². The molecule has 2 rings (SSSR count). The van der Waals surface area contributed by atoms with Crippen molar-refractivity contribution >= 4 is 27.6 Å². The Morgan fingerprint density at radius 2 is 1.75 bits per heavy atom. The molecule has 0 aromatic heterocycles. The zero-order valence-corrected chi connectivity index (χ0v) is 12.6. The monoisotopic (exact) mass is 334 g/mol. The van der Waals surface area contributed by atoms with E-state index in [2.05, 4.69) is 26.6 Å². The normalized spacial score (nSPS) is 9.90. The minimum Gasteiger partial charge on any atom is -0.497 e. The smallest absolute Gasteiger partial charge is 0.319 e. The van der Waals surface area contributed by atoms with Crippen molar-refractivity contribution in [3.8, 4) is 5.75 Å². The van der Waals surface area contributed by atoms with Crippen LogP contribution in [-0.2, 0) is 6.54 Å². The number of nitrogens with one attached hydrogen (secondary N) is 2. The second-order valence-electron chi connectivity index (χ2n) is 4.16. The summed E-state index contributed by atoms with van der Waals surface area (Å²) in [6.45, 7) is 0.481. The van der Waals surface area contributed by atoms with Gasteiger partial charge in [-0.3, -0.25) is 0 Å². The number of hydrogen-bond acceptors (Lipinski definition) is 2. The summed E-state index contributed by atoms with van der Waals surface area (Å²) in [6.07, 6.45) is 0. The summed E-state index contributed by atoms with van der Waals surface area (Å²) in [6, 6.07) is 14.7. The predicted molar refractivity (Wildman–Crippen MR) is 83.0 cm³/mol. The molecule has 0 saturated carbocycles. The first-order valence-corrected chi connectivity index (χ1v) is 6.90. The number of carbonyl (C=O) groups excluding carboxylic acids is 1. The quantitative estimate of drug-likeness (QED) is 0.893. The highest BCUT2D eigenvalue weighted by Crippen LogP contribution is 2.15. The van der Waals surface area contributed by atoms with Gasteiger partial charge in [0.25, 0.3) is 0 Å². The number of methoxy groups -OCH3 is 1. The van der Waals surface area contributed by atoms with Gasteiger partial charge in [-0.15, -0.1) is 0 Å². The van der Waals surface area contributed by atoms with Gasteiger partial charge in [-0.1, -0.05) is 28.1 Å². The van der Waals surface area contributed by atoms with Gasteiger partial charge in [0.15, 0.2) is 0 Å². The molecule has 20 heavy (non-hydrogen) atoms. The maximum Gasteiger partial charge on any atom is 0.319 e. The maximum atomic E-state index is 11.7. The Bertz CT molecular complexity index is 567. The summed E-state index contributed by atoms with van der Waals surface area (Å²) in [4.78, 5) is 11.7. The van der Waals surface area contributed by atoms with Gasteiger partial charge in [-0.25, -0.2) is 4.79 Å². The van der Waals surface area contributed by atoms with Crippen LogP contribution in [0.5, 0.6) is 5.75 Å². The van der Waals surface area contributed by atoms with E-state index in [0.717, 1.165) is 21.5 Å². The van der Waals surface area contributed by atoms with Crippen molar-refractivity contribution in [1.29, 1.82) is 0 Å². The molecule has 0 unspecified atom stereocenters. The van der Waals surface area contributed by atoms with E-state index >= 15 is 0 Å². The van der Waals surface area contributed by atoms with Crippen LogP contribution >= 0.6 is 15.9 Å². The zero-order chi connectivity index (χ0) is 14.4. The number of amides is 2. The summed E-state index contributed by atoms with van der Waals surface area (Å²) in [5, 5.41) is 5.56. The number of carbonyl (C=O) groups is 1. The number of benzene rings is 2. The molecule has 0 fully saturated rings. The average Bonchev–Trinajstić information content (AvgIpc) is 2.47. The molecule has 0 spiro atoms. The zero-order valence-electron chi connectivity index (χ0n) is 11.0. The molecule has 0 aliphatic rings. The van der Waals surface area contributed by atoms with Gasteiger partial charge in [-0.05, 0) is 42.0 Å². The number of halogens is 1. The van der Waals surface area contributed by atoms with Crippen LogP contribution in [0, 0.1) is 0 Å². The van der Waals surface area contributed by atoms with Crippen molar-refractivity contribution in [2.45, 2.75) is 6.54 Å². The lowest BCUT2D eigenvalue weighted by Gasteiger charge is -2.08. The standard InChI is InChI=1S/C15H15BrN2O2/c1-20-14-8-6-13(7-9-14)18-15(19)17-10-11-2-4-12(16)5-3-11/h2-9H,10H2,1H3,(H2,17,18,19). The molecule has 104 valence electrons. The fraction of sp³-hybridized carbons (Fsp3) is 0.133. The van der Waals surface area contributed by atoms with E-state index in [9.17, 15) is 4.79 Å². The van der Waals surface area contributed by atoms with Crippen LogP contribution in [0.1, 0.15) is 5.56 Å². The van der Waals surface area contributed by atoms with Crippen LogP contribution in [0.3, 0.4) is 0 Å². The molecule has 4 nitrogen and oxygen atoms in total. The molecular formula is C15H15BrN2O2. The van der Waals surface area contributed by atoms with Crippen molar-refractivity contribution in [3.05, 3.63) is 58.6 Å². The van der Waals surface area contributed by atoms with Crippen LogP contribution in [0.2, 0.25) is 0 Å². The highest BCUT2D eigenvalue weighted by molar-refractivity contribution is 9.10. The Labute approximate surface area is 126 Å². The Kier molecular flexibility index (Phi) is 5.01. The Morgan fingerprint density at radius 3 is 2.35 bits per heavy atom. The Balaban J connectivity index is 1.84. The molecule has 2 amide bonds. The first kappa shape index (κ1) is 14.4. The molecule has 2 aromatic rings. The largest absolute Gasteiger partial charge is 0.497 e. The Hall–Kier alpha value is -2.01. The van der Waals surface area contributed by atoms with E-state index in [1.165, 1.54) is 0 Å². The highest BCUT2D eigenvalue weighted by atomic mass is 79.9. The lowest BCUT2D eigenvalue weighted by Crippen LogP contribution is -2.28. The first-order chi connectivity index (χ1) is 9.67. The van der Waals surface area contributed by atoms with Crippen molar-refractivity contribution in [2.75, 3.05) is 12.4 Å². The molecule has 2 aromatic carbocycles. The van der Waals surface area contributed by atoms with E-state index in [1.807, 2.05) is 24.3 Å². The van der Waals surface area contributed by atoms with Crippen LogP contribution in [0.25, 0.3) is 0 Å². The summed E-state index contributed by atoms with van der Waals surface area (Å²) < 4.78 is 6.07. The van der Waals surface area contributed by atoms with Crippen LogP contribution in [0.15, 0.2) is 53.0 Å². The molecule has 5 heteroatoms. The second-order valence-corrected chi connectivity index (χ2v) is 5.08. The molecule has 0 atom stereocenters. The minimum absolute atomic E-state index is 0.238. The fourth-order valence-corrected chi connectivity index (χ4v) is 1.90. The molecule has 2 N–H and O–H groups in total. The van der Waals surface area contributed by atoms with Crippen LogP contribution < -0.4 is 15.4 Å². The number of ether oxygens (including phenoxy) is 1. The van der Waals surface area contributed by atoms with Gasteiger partial charge in [0.1, 0.15) is 5.75 Å². The first-order valence-electron chi connectivity index (χ1n) is 6.11. The predicted octanol–water partition coefficient (Wildman–Crippen LogP) is 3.78. The molecule has 0 aliphatic carbocycles. The van der Waals surface area contributed by atoms with Gasteiger partial charge < -0.3 is 15.4 Å². The van der Waals surface area contributed by atoms with Crippen LogP contribution in [-0.4, -0.2) is 13.1 Å². The SMILES string of the molecule is COc1ccc(NC(=O)NCc2ccc(Br)cc2)cc1. The number of urea groups is 1. The molecule has 0 heterocycles. The number of rotatable bonds is 4. The number of hydrogen-bond donors (Lipinski definition) is 2. The molecular weight excluding hydrogens is 320 g/mol. The van der Waals surface area contributed by atoms with E-state index in [1.54, 1.807) is 31.4 Å². The van der Waals surface area contributed by atoms with Gasteiger partial charge in [0.05, 0.1) is 7.11 Å². The van der Waals surface area contributed by atoms with E-state index in [0.29, 0.717) is 6.54 Å². The molecule has 0 saturated heterocycles. The average molecular weight is 335 g/mol. The molecule has 0 bridgehead atoms. The Morgan fingerprint density at radius 1 is 1.10 bits per heavy atom. The van der Waals surface area contributed by atoms with Gasteiger partial charge in [0.2, 0.25) is 0 Å².